The minimum atomic E-state index is -0.0652. The molecule has 7 heteroatoms. The summed E-state index contributed by atoms with van der Waals surface area (Å²) < 4.78 is 5.25. The van der Waals surface area contributed by atoms with Gasteiger partial charge < -0.3 is 15.0 Å². The minimum absolute atomic E-state index is 0.0384. The Balaban J connectivity index is 1.56. The van der Waals surface area contributed by atoms with Crippen molar-refractivity contribution in [3.8, 4) is 0 Å². The summed E-state index contributed by atoms with van der Waals surface area (Å²) in [4.78, 5) is 23.4. The third-order valence-corrected chi connectivity index (χ3v) is 6.60. The van der Waals surface area contributed by atoms with Gasteiger partial charge in [0.25, 0.3) is 0 Å². The van der Waals surface area contributed by atoms with Crippen molar-refractivity contribution in [2.24, 2.45) is 16.8 Å². The molecule has 0 aromatic carbocycles. The van der Waals surface area contributed by atoms with Crippen molar-refractivity contribution in [2.75, 3.05) is 45.9 Å². The molecule has 1 N–H and O–H groups in total. The molecule has 1 aromatic rings. The van der Waals surface area contributed by atoms with E-state index in [9.17, 15) is 4.79 Å². The maximum absolute atomic E-state index is 12.2. The second-order valence-electron chi connectivity index (χ2n) is 8.05. The second kappa shape index (κ2) is 11.6. The molecule has 0 amide bonds. The predicted octanol–water partition coefficient (Wildman–Crippen LogP) is 3.20. The summed E-state index contributed by atoms with van der Waals surface area (Å²) in [5.74, 6) is 1.45. The number of aliphatic imine (C=N–C) groups is 1. The first-order valence-electron chi connectivity index (χ1n) is 11.1. The van der Waals surface area contributed by atoms with Crippen LogP contribution < -0.4 is 5.32 Å². The van der Waals surface area contributed by atoms with E-state index < -0.39 is 0 Å². The molecule has 2 saturated heterocycles. The highest BCUT2D eigenvalue weighted by Gasteiger charge is 2.28. The first-order valence-corrected chi connectivity index (χ1v) is 12.0. The van der Waals surface area contributed by atoms with E-state index in [4.69, 9.17) is 9.73 Å². The Morgan fingerprint density at radius 3 is 2.90 bits per heavy atom. The quantitative estimate of drug-likeness (QED) is 0.417. The van der Waals surface area contributed by atoms with Gasteiger partial charge in [0, 0.05) is 44.1 Å². The Kier molecular flexibility index (Phi) is 8.80. The Hall–Kier alpha value is -1.60. The van der Waals surface area contributed by atoms with E-state index in [1.54, 1.807) is 0 Å². The summed E-state index contributed by atoms with van der Waals surface area (Å²) in [6.07, 6.45) is 4.41. The molecule has 2 aliphatic rings. The number of carbonyl (C=O) groups excluding carboxylic acids is 1. The van der Waals surface area contributed by atoms with E-state index in [0.29, 0.717) is 19.1 Å². The van der Waals surface area contributed by atoms with Crippen LogP contribution in [0.25, 0.3) is 0 Å². The van der Waals surface area contributed by atoms with E-state index in [-0.39, 0.29) is 11.9 Å². The van der Waals surface area contributed by atoms with Gasteiger partial charge in [-0.2, -0.15) is 0 Å². The predicted molar refractivity (Wildman–Crippen MR) is 119 cm³/mol. The molecule has 1 aromatic heterocycles. The fourth-order valence-corrected chi connectivity index (χ4v) is 5.08. The lowest BCUT2D eigenvalue weighted by Gasteiger charge is -2.35. The van der Waals surface area contributed by atoms with Crippen LogP contribution in [-0.2, 0) is 16.1 Å². The number of hydrogen-bond donors (Lipinski definition) is 1. The van der Waals surface area contributed by atoms with E-state index in [2.05, 4.69) is 39.6 Å². The molecule has 162 valence electrons. The standard InChI is InChI=1S/C22H36N4O2S/c1-3-23-22(26-12-6-9-19(16-26)21(27)28-4-2)24-14-18-8-5-11-25(15-18)17-20-10-7-13-29-20/h7,10,13,18-19H,3-6,8-9,11-12,14-17H2,1-2H3,(H,23,24). The average molecular weight is 421 g/mol. The summed E-state index contributed by atoms with van der Waals surface area (Å²) in [6, 6.07) is 4.36. The fraction of sp³-hybridized carbons (Fsp3) is 0.727. The Morgan fingerprint density at radius 1 is 1.28 bits per heavy atom. The summed E-state index contributed by atoms with van der Waals surface area (Å²) in [6.45, 7) is 11.1. The lowest BCUT2D eigenvalue weighted by molar-refractivity contribution is -0.149. The van der Waals surface area contributed by atoms with Gasteiger partial charge >= 0.3 is 5.97 Å². The maximum Gasteiger partial charge on any atom is 0.310 e. The zero-order chi connectivity index (χ0) is 20.5. The molecular formula is C22H36N4O2S. The SMILES string of the molecule is CCNC(=NCC1CCCN(Cc2cccs2)C1)N1CCCC(C(=O)OCC)C1. The van der Waals surface area contributed by atoms with Gasteiger partial charge in [0.05, 0.1) is 12.5 Å². The van der Waals surface area contributed by atoms with Crippen LogP contribution in [0.2, 0.25) is 0 Å². The highest BCUT2D eigenvalue weighted by atomic mass is 32.1. The van der Waals surface area contributed by atoms with Crippen LogP contribution in [0.4, 0.5) is 0 Å². The Morgan fingerprint density at radius 2 is 2.14 bits per heavy atom. The van der Waals surface area contributed by atoms with Crippen LogP contribution >= 0.6 is 11.3 Å². The molecule has 0 aliphatic carbocycles. The number of nitrogens with zero attached hydrogens (tertiary/aromatic N) is 3. The van der Waals surface area contributed by atoms with Crippen molar-refractivity contribution in [3.63, 3.8) is 0 Å². The first kappa shape index (κ1) is 22.1. The van der Waals surface area contributed by atoms with E-state index in [1.165, 1.54) is 24.3 Å². The van der Waals surface area contributed by atoms with Crippen molar-refractivity contribution in [2.45, 2.75) is 46.1 Å². The molecule has 2 aliphatic heterocycles. The molecule has 2 atom stereocenters. The number of esters is 1. The molecule has 2 fully saturated rings. The molecule has 3 rings (SSSR count). The number of ether oxygens (including phenoxy) is 1. The smallest absolute Gasteiger partial charge is 0.310 e. The minimum Gasteiger partial charge on any atom is -0.466 e. The number of piperidine rings is 2. The van der Waals surface area contributed by atoms with Crippen LogP contribution in [0.3, 0.4) is 0 Å². The molecular weight excluding hydrogens is 384 g/mol. The van der Waals surface area contributed by atoms with Crippen molar-refractivity contribution < 1.29 is 9.53 Å². The van der Waals surface area contributed by atoms with E-state index >= 15 is 0 Å². The molecule has 0 spiro atoms. The number of hydrogen-bond acceptors (Lipinski definition) is 5. The number of likely N-dealkylation sites (tertiary alicyclic amines) is 2. The van der Waals surface area contributed by atoms with Gasteiger partial charge in [-0.15, -0.1) is 11.3 Å². The Labute approximate surface area is 179 Å². The van der Waals surface area contributed by atoms with Gasteiger partial charge in [-0.05, 0) is 63.4 Å². The van der Waals surface area contributed by atoms with Crippen LogP contribution in [0.5, 0.6) is 0 Å². The lowest BCUT2D eigenvalue weighted by atomic mass is 9.98. The van der Waals surface area contributed by atoms with Gasteiger partial charge in [0.15, 0.2) is 5.96 Å². The largest absolute Gasteiger partial charge is 0.466 e. The number of thiophene rings is 1. The van der Waals surface area contributed by atoms with Gasteiger partial charge in [-0.1, -0.05) is 6.07 Å². The normalized spacial score (nSPS) is 23.8. The molecule has 0 saturated carbocycles. The highest BCUT2D eigenvalue weighted by Crippen LogP contribution is 2.22. The zero-order valence-corrected chi connectivity index (χ0v) is 18.8. The number of carbonyl (C=O) groups is 1. The third kappa shape index (κ3) is 6.71. The Bertz CT molecular complexity index is 649. The third-order valence-electron chi connectivity index (χ3n) is 5.74. The van der Waals surface area contributed by atoms with Crippen LogP contribution in [-0.4, -0.2) is 67.6 Å². The fourth-order valence-electron chi connectivity index (χ4n) is 4.33. The van der Waals surface area contributed by atoms with Crippen molar-refractivity contribution in [1.29, 1.82) is 0 Å². The molecule has 6 nitrogen and oxygen atoms in total. The van der Waals surface area contributed by atoms with Crippen LogP contribution in [0.1, 0.15) is 44.4 Å². The lowest BCUT2D eigenvalue weighted by Crippen LogP contribution is -2.48. The van der Waals surface area contributed by atoms with Gasteiger partial charge in [-0.25, -0.2) is 0 Å². The van der Waals surface area contributed by atoms with E-state index in [1.807, 2.05) is 18.3 Å². The molecule has 0 radical (unpaired) electrons. The maximum atomic E-state index is 12.2. The number of guanidine groups is 1. The second-order valence-corrected chi connectivity index (χ2v) is 9.09. The molecule has 0 bridgehead atoms. The van der Waals surface area contributed by atoms with Gasteiger partial charge in [-0.3, -0.25) is 14.7 Å². The van der Waals surface area contributed by atoms with Crippen molar-refractivity contribution in [1.82, 2.24) is 15.1 Å². The van der Waals surface area contributed by atoms with Gasteiger partial charge in [0.2, 0.25) is 0 Å². The zero-order valence-electron chi connectivity index (χ0n) is 17.9. The topological polar surface area (TPSA) is 57.2 Å². The first-order chi connectivity index (χ1) is 14.2. The monoisotopic (exact) mass is 420 g/mol. The molecule has 2 unspecified atom stereocenters. The summed E-state index contributed by atoms with van der Waals surface area (Å²) in [7, 11) is 0. The van der Waals surface area contributed by atoms with Gasteiger partial charge in [0.1, 0.15) is 0 Å². The summed E-state index contributed by atoms with van der Waals surface area (Å²) in [5, 5.41) is 5.60. The summed E-state index contributed by atoms with van der Waals surface area (Å²) in [5.41, 5.74) is 0. The number of rotatable bonds is 7. The van der Waals surface area contributed by atoms with Crippen LogP contribution in [0.15, 0.2) is 22.5 Å². The highest BCUT2D eigenvalue weighted by molar-refractivity contribution is 7.09. The van der Waals surface area contributed by atoms with Crippen molar-refractivity contribution in [3.05, 3.63) is 22.4 Å². The number of nitrogens with one attached hydrogen (secondary N) is 1. The summed E-state index contributed by atoms with van der Waals surface area (Å²) >= 11 is 1.84. The average Bonchev–Trinajstić information content (AvgIpc) is 3.25. The molecule has 3 heterocycles. The van der Waals surface area contributed by atoms with E-state index in [0.717, 1.165) is 51.5 Å². The molecule has 29 heavy (non-hydrogen) atoms. The van der Waals surface area contributed by atoms with Crippen molar-refractivity contribution >= 4 is 23.3 Å². The van der Waals surface area contributed by atoms with Crippen LogP contribution in [0, 0.1) is 11.8 Å².